The average molecular weight is 561 g/mol. The summed E-state index contributed by atoms with van der Waals surface area (Å²) in [4.78, 5) is 10.5. The lowest BCUT2D eigenvalue weighted by molar-refractivity contribution is 0.0697. The number of carbonyl (C=O) groups is 1. The molecule has 1 aliphatic heterocycles. The average Bonchev–Trinajstić information content (AvgIpc) is 2.79. The van der Waals surface area contributed by atoms with Gasteiger partial charge in [-0.05, 0) is 59.4 Å². The van der Waals surface area contributed by atoms with Crippen LogP contribution < -0.4 is 11.1 Å². The Morgan fingerprint density at radius 2 is 1.55 bits per heavy atom. The Labute approximate surface area is 217 Å². The van der Waals surface area contributed by atoms with Crippen LogP contribution in [0.5, 0.6) is 0 Å². The van der Waals surface area contributed by atoms with Crippen molar-refractivity contribution in [2.24, 2.45) is 5.92 Å². The molecule has 0 aromatic heterocycles. The van der Waals surface area contributed by atoms with Crippen LogP contribution in [-0.2, 0) is 20.2 Å². The maximum Gasteiger partial charge on any atom is 0.336 e. The van der Waals surface area contributed by atoms with E-state index in [9.17, 15) is 35.8 Å². The van der Waals surface area contributed by atoms with Gasteiger partial charge >= 0.3 is 5.97 Å². The first kappa shape index (κ1) is 27.3. The van der Waals surface area contributed by atoms with Gasteiger partial charge in [0, 0.05) is 16.5 Å². The highest BCUT2D eigenvalue weighted by atomic mass is 32.2. The Bertz CT molecular complexity index is 1880. The van der Waals surface area contributed by atoms with E-state index in [1.165, 1.54) is 24.3 Å². The summed E-state index contributed by atoms with van der Waals surface area (Å²) in [5, 5.41) is 17.4. The van der Waals surface area contributed by atoms with Crippen LogP contribution in [0, 0.1) is 11.3 Å². The lowest BCUT2D eigenvalue weighted by Gasteiger charge is -2.22. The molecule has 1 heterocycles. The lowest BCUT2D eigenvalue weighted by atomic mass is 9.85. The highest BCUT2D eigenvalue weighted by Gasteiger charge is 2.32. The van der Waals surface area contributed by atoms with Gasteiger partial charge in [0.15, 0.2) is 21.1 Å². The maximum atomic E-state index is 12.3. The highest BCUT2D eigenvalue weighted by molar-refractivity contribution is 7.86. The summed E-state index contributed by atoms with van der Waals surface area (Å²) in [6.45, 7) is 5.91. The van der Waals surface area contributed by atoms with Crippen molar-refractivity contribution >= 4 is 42.9 Å². The fourth-order valence-electron chi connectivity index (χ4n) is 4.42. The number of hydrogen-bond donors (Lipinski definition) is 5. The van der Waals surface area contributed by atoms with E-state index in [0.717, 1.165) is 11.6 Å². The summed E-state index contributed by atoms with van der Waals surface area (Å²) >= 11 is 0. The summed E-state index contributed by atoms with van der Waals surface area (Å²) in [7, 11) is -10.1. The van der Waals surface area contributed by atoms with Gasteiger partial charge in [-0.3, -0.25) is 14.5 Å². The largest absolute Gasteiger partial charge is 0.478 e. The second-order valence-electron chi connectivity index (χ2n) is 9.25. The Balaban J connectivity index is 2.36. The molecule has 200 valence electrons. The second-order valence-corrected chi connectivity index (χ2v) is 12.0. The molecular formula is C25H24N2O9S2. The topological polar surface area (TPSA) is 209 Å². The molecule has 13 heteroatoms. The van der Waals surface area contributed by atoms with E-state index in [-0.39, 0.29) is 39.5 Å². The predicted molar refractivity (Wildman–Crippen MR) is 138 cm³/mol. The Kier molecular flexibility index (Phi) is 6.60. The smallest absolute Gasteiger partial charge is 0.336 e. The molecule has 0 fully saturated rings. The number of anilines is 1. The monoisotopic (exact) mass is 560 g/mol. The maximum absolute atomic E-state index is 12.3. The molecule has 1 atom stereocenters. The third-order valence-electron chi connectivity index (χ3n) is 6.58. The molecule has 1 aliphatic carbocycles. The molecule has 0 amide bonds. The first-order chi connectivity index (χ1) is 17.5. The number of nitrogens with two attached hydrogens (primary N) is 1. The van der Waals surface area contributed by atoms with Gasteiger partial charge in [0.1, 0.15) is 0 Å². The van der Waals surface area contributed by atoms with Crippen molar-refractivity contribution in [2.45, 2.75) is 36.5 Å². The first-order valence-corrected chi connectivity index (χ1v) is 14.1. The molecule has 2 aliphatic rings. The minimum absolute atomic E-state index is 0.00445. The molecule has 2 aromatic carbocycles. The molecular weight excluding hydrogens is 536 g/mol. The van der Waals surface area contributed by atoms with Gasteiger partial charge in [-0.25, -0.2) is 4.79 Å². The summed E-state index contributed by atoms with van der Waals surface area (Å²) < 4.78 is 74.7. The minimum atomic E-state index is -5.09. The molecule has 4 rings (SSSR count). The van der Waals surface area contributed by atoms with E-state index >= 15 is 0 Å². The van der Waals surface area contributed by atoms with E-state index in [1.807, 2.05) is 20.8 Å². The van der Waals surface area contributed by atoms with Crippen molar-refractivity contribution in [1.82, 2.24) is 0 Å². The first-order valence-electron chi connectivity index (χ1n) is 11.2. The van der Waals surface area contributed by atoms with Gasteiger partial charge in [-0.2, -0.15) is 16.8 Å². The van der Waals surface area contributed by atoms with Gasteiger partial charge in [-0.1, -0.05) is 26.8 Å². The Morgan fingerprint density at radius 1 is 0.921 bits per heavy atom. The molecule has 0 bridgehead atoms. The van der Waals surface area contributed by atoms with E-state index < -0.39 is 58.4 Å². The highest BCUT2D eigenvalue weighted by Crippen LogP contribution is 2.46. The van der Waals surface area contributed by atoms with Gasteiger partial charge in [0.2, 0.25) is 0 Å². The molecule has 0 radical (unpaired) electrons. The number of nitrogens with one attached hydrogen (secondary N) is 1. The van der Waals surface area contributed by atoms with E-state index in [2.05, 4.69) is 0 Å². The van der Waals surface area contributed by atoms with Crippen LogP contribution in [0.15, 0.2) is 56.7 Å². The number of benzene rings is 3. The standard InChI is InChI=1S/C25H24N2O9S2/c1-11(2)12(3)13-4-5-14(25(28)29)17(10-13)20-15-6-8-18(26)23(37(30,31)32)21(15)36-22-16(20)7-9-19(27)24(22)38(33,34)35/h4-12,26H,27H2,1-3H3,(H,28,29)(H,30,31,32)(H,33,34,35). The van der Waals surface area contributed by atoms with Gasteiger partial charge < -0.3 is 15.3 Å². The Hall–Kier alpha value is -3.78. The SMILES string of the molecule is CC(C)C(C)c1ccc(C(=O)O)c(-c2c3ccc(=N)c(S(=O)(=O)O)c-3oc3c(S(=O)(=O)O)c(N)ccc23)c1. The predicted octanol–water partition coefficient (Wildman–Crippen LogP) is 4.22. The zero-order valence-corrected chi connectivity index (χ0v) is 22.0. The number of carboxylic acids is 1. The number of rotatable bonds is 6. The molecule has 1 unspecified atom stereocenters. The molecule has 38 heavy (non-hydrogen) atoms. The van der Waals surface area contributed by atoms with Crippen molar-refractivity contribution in [3.8, 4) is 22.5 Å². The second kappa shape index (κ2) is 9.20. The van der Waals surface area contributed by atoms with Crippen molar-refractivity contribution in [1.29, 1.82) is 5.41 Å². The van der Waals surface area contributed by atoms with Crippen LogP contribution in [0.25, 0.3) is 33.4 Å². The van der Waals surface area contributed by atoms with Crippen molar-refractivity contribution in [2.75, 3.05) is 5.73 Å². The van der Waals surface area contributed by atoms with Crippen molar-refractivity contribution in [3.05, 3.63) is 58.9 Å². The fourth-order valence-corrected chi connectivity index (χ4v) is 5.90. The van der Waals surface area contributed by atoms with Gasteiger partial charge in [0.25, 0.3) is 20.2 Å². The molecule has 11 nitrogen and oxygen atoms in total. The summed E-state index contributed by atoms with van der Waals surface area (Å²) in [6.07, 6.45) is 0. The summed E-state index contributed by atoms with van der Waals surface area (Å²) in [5.41, 5.74) is 5.51. The van der Waals surface area contributed by atoms with E-state index in [1.54, 1.807) is 12.1 Å². The third-order valence-corrected chi connectivity index (χ3v) is 8.44. The number of aromatic carboxylic acids is 1. The van der Waals surface area contributed by atoms with Crippen LogP contribution in [0.4, 0.5) is 5.69 Å². The quantitative estimate of drug-likeness (QED) is 0.129. The summed E-state index contributed by atoms with van der Waals surface area (Å²) in [6, 6.07) is 9.56. The zero-order chi connectivity index (χ0) is 28.3. The number of nitrogen functional groups attached to an aromatic ring is 1. The van der Waals surface area contributed by atoms with Crippen LogP contribution >= 0.6 is 0 Å². The van der Waals surface area contributed by atoms with Gasteiger partial charge in [-0.15, -0.1) is 0 Å². The number of fused-ring (bicyclic) bond motifs is 2. The molecule has 0 saturated heterocycles. The molecule has 6 N–H and O–H groups in total. The normalized spacial score (nSPS) is 13.3. The fraction of sp³-hybridized carbons (Fsp3) is 0.200. The van der Waals surface area contributed by atoms with Crippen LogP contribution in [0.2, 0.25) is 0 Å². The van der Waals surface area contributed by atoms with E-state index in [0.29, 0.717) is 0 Å². The zero-order valence-electron chi connectivity index (χ0n) is 20.4. The minimum Gasteiger partial charge on any atom is -0.478 e. The molecule has 2 aromatic rings. The van der Waals surface area contributed by atoms with Crippen molar-refractivity contribution in [3.63, 3.8) is 0 Å². The molecule has 0 saturated carbocycles. The van der Waals surface area contributed by atoms with Gasteiger partial charge in [0.05, 0.1) is 16.6 Å². The van der Waals surface area contributed by atoms with Crippen molar-refractivity contribution < 1.29 is 40.3 Å². The van der Waals surface area contributed by atoms with Crippen LogP contribution in [0.1, 0.15) is 42.6 Å². The number of carboxylic acid groups (broad SMARTS) is 1. The summed E-state index contributed by atoms with van der Waals surface area (Å²) in [5.74, 6) is -1.79. The van der Waals surface area contributed by atoms with Crippen LogP contribution in [-0.4, -0.2) is 37.0 Å². The third kappa shape index (κ3) is 4.53. The number of hydrogen-bond acceptors (Lipinski definition) is 8. The molecule has 0 spiro atoms. The Morgan fingerprint density at radius 3 is 2.11 bits per heavy atom. The van der Waals surface area contributed by atoms with E-state index in [4.69, 9.17) is 15.6 Å². The van der Waals surface area contributed by atoms with Crippen LogP contribution in [0.3, 0.4) is 0 Å². The lowest BCUT2D eigenvalue weighted by Crippen LogP contribution is -2.16.